The molecule has 2 fully saturated rings. The summed E-state index contributed by atoms with van der Waals surface area (Å²) in [6, 6.07) is 2.27. The summed E-state index contributed by atoms with van der Waals surface area (Å²) in [5.74, 6) is -0.171. The zero-order valence-electron chi connectivity index (χ0n) is 15.7. The zero-order chi connectivity index (χ0) is 20.3. The first-order valence-electron chi connectivity index (χ1n) is 8.99. The van der Waals surface area contributed by atoms with E-state index in [9.17, 15) is 18.4 Å². The van der Waals surface area contributed by atoms with Gasteiger partial charge >= 0.3 is 6.18 Å². The van der Waals surface area contributed by atoms with Gasteiger partial charge in [-0.25, -0.2) is 4.98 Å². The molecule has 0 saturated heterocycles. The lowest BCUT2D eigenvalue weighted by atomic mass is 10.2. The van der Waals surface area contributed by atoms with E-state index in [1.807, 2.05) is 13.8 Å². The Morgan fingerprint density at radius 3 is 2.61 bits per heavy atom. The van der Waals surface area contributed by atoms with E-state index in [4.69, 9.17) is 0 Å². The van der Waals surface area contributed by atoms with Crippen LogP contribution in [0.15, 0.2) is 12.4 Å². The average Bonchev–Trinajstić information content (AvgIpc) is 3.47. The van der Waals surface area contributed by atoms with E-state index in [0.29, 0.717) is 17.8 Å². The van der Waals surface area contributed by atoms with Gasteiger partial charge in [-0.1, -0.05) is 0 Å². The van der Waals surface area contributed by atoms with Crippen LogP contribution < -0.4 is 10.6 Å². The number of alkyl halides is 3. The lowest BCUT2D eigenvalue weighted by Gasteiger charge is -2.18. The topological polar surface area (TPSA) is 91.5 Å². The van der Waals surface area contributed by atoms with Crippen LogP contribution in [0.4, 0.5) is 30.6 Å². The van der Waals surface area contributed by atoms with Crippen LogP contribution in [0.2, 0.25) is 0 Å². The normalized spacial score (nSPS) is 25.1. The molecule has 0 bridgehead atoms. The van der Waals surface area contributed by atoms with Crippen molar-refractivity contribution in [1.82, 2.24) is 19.7 Å². The van der Waals surface area contributed by atoms with Gasteiger partial charge < -0.3 is 10.6 Å². The molecule has 2 N–H and O–H groups in total. The van der Waals surface area contributed by atoms with E-state index in [0.717, 1.165) is 19.0 Å². The van der Waals surface area contributed by atoms with Crippen LogP contribution in [-0.2, 0) is 6.18 Å². The molecule has 7 nitrogen and oxygen atoms in total. The third kappa shape index (κ3) is 3.37. The molecular weight excluding hydrogens is 371 g/mol. The van der Waals surface area contributed by atoms with Gasteiger partial charge in [-0.05, 0) is 40.0 Å². The highest BCUT2D eigenvalue weighted by molar-refractivity contribution is 5.59. The number of nitriles is 1. The summed E-state index contributed by atoms with van der Waals surface area (Å²) < 4.78 is 41.6. The third-order valence-corrected chi connectivity index (χ3v) is 5.44. The van der Waals surface area contributed by atoms with Crippen molar-refractivity contribution in [2.75, 3.05) is 10.6 Å². The second-order valence-corrected chi connectivity index (χ2v) is 8.12. The quantitative estimate of drug-likeness (QED) is 0.794. The summed E-state index contributed by atoms with van der Waals surface area (Å²) in [5.41, 5.74) is -0.436. The van der Waals surface area contributed by atoms with Crippen molar-refractivity contribution in [2.24, 2.45) is 5.41 Å². The Bertz CT molecular complexity index is 971. The van der Waals surface area contributed by atoms with Crippen LogP contribution in [0, 0.1) is 23.7 Å². The molecule has 10 heteroatoms. The minimum absolute atomic E-state index is 0.00711. The second kappa shape index (κ2) is 5.83. The molecule has 2 aliphatic carbocycles. The van der Waals surface area contributed by atoms with Crippen molar-refractivity contribution in [3.05, 3.63) is 23.7 Å². The monoisotopic (exact) mass is 391 g/mol. The summed E-state index contributed by atoms with van der Waals surface area (Å²) in [6.45, 7) is 5.51. The highest BCUT2D eigenvalue weighted by Gasteiger charge is 2.53. The van der Waals surface area contributed by atoms with Crippen LogP contribution in [0.25, 0.3) is 0 Å². The number of hydrogen-bond acceptors (Lipinski definition) is 6. The number of nitrogens with one attached hydrogen (secondary N) is 2. The summed E-state index contributed by atoms with van der Waals surface area (Å²) in [4.78, 5) is 7.91. The van der Waals surface area contributed by atoms with Gasteiger partial charge in [0.05, 0.1) is 28.9 Å². The SMILES string of the molecule is Cc1nn([C@H]2CC2(C)C#N)cc1Nc1ncc(C(F)(F)F)c(NC2(C)CC2)n1. The minimum atomic E-state index is -4.54. The molecule has 2 heterocycles. The number of anilines is 3. The number of hydrogen-bond donors (Lipinski definition) is 2. The van der Waals surface area contributed by atoms with E-state index in [1.54, 1.807) is 17.8 Å². The van der Waals surface area contributed by atoms with Crippen LogP contribution >= 0.6 is 0 Å². The first kappa shape index (κ1) is 18.5. The highest BCUT2D eigenvalue weighted by atomic mass is 19.4. The summed E-state index contributed by atoms with van der Waals surface area (Å²) in [6.07, 6.45) is 0.286. The van der Waals surface area contributed by atoms with Crippen LogP contribution in [0.3, 0.4) is 0 Å². The number of aryl methyl sites for hydroxylation is 1. The number of aromatic nitrogens is 4. The second-order valence-electron chi connectivity index (χ2n) is 8.12. The maximum absolute atomic E-state index is 13.3. The molecular formula is C18H20F3N7. The summed E-state index contributed by atoms with van der Waals surface area (Å²) in [7, 11) is 0. The van der Waals surface area contributed by atoms with Crippen LogP contribution in [0.5, 0.6) is 0 Å². The van der Waals surface area contributed by atoms with Gasteiger partial charge in [-0.15, -0.1) is 0 Å². The van der Waals surface area contributed by atoms with Crippen molar-refractivity contribution in [3.63, 3.8) is 0 Å². The maximum atomic E-state index is 13.3. The Balaban J connectivity index is 1.59. The van der Waals surface area contributed by atoms with Crippen molar-refractivity contribution in [1.29, 1.82) is 5.26 Å². The molecule has 2 aromatic rings. The van der Waals surface area contributed by atoms with Gasteiger partial charge in [0.15, 0.2) is 0 Å². The standard InChI is InChI=1S/C18H20F3N7/c1-10-12(8-28(27-10)13-6-16(13,2)9-22)24-15-23-7-11(18(19,20)21)14(25-15)26-17(3)4-5-17/h7-8,13H,4-6H2,1-3H3,(H2,23,24,25,26)/t13-,16?/m0/s1. The molecule has 2 atom stereocenters. The van der Waals surface area contributed by atoms with Gasteiger partial charge in [0.2, 0.25) is 5.95 Å². The molecule has 0 aromatic carbocycles. The molecule has 2 aliphatic rings. The Morgan fingerprint density at radius 2 is 2.04 bits per heavy atom. The largest absolute Gasteiger partial charge is 0.421 e. The fourth-order valence-corrected chi connectivity index (χ4v) is 3.08. The molecule has 0 aliphatic heterocycles. The molecule has 0 radical (unpaired) electrons. The third-order valence-electron chi connectivity index (χ3n) is 5.44. The van der Waals surface area contributed by atoms with E-state index in [1.165, 1.54) is 0 Å². The summed E-state index contributed by atoms with van der Waals surface area (Å²) in [5, 5.41) is 19.5. The van der Waals surface area contributed by atoms with Crippen molar-refractivity contribution < 1.29 is 13.2 Å². The number of nitrogens with zero attached hydrogens (tertiary/aromatic N) is 5. The zero-order valence-corrected chi connectivity index (χ0v) is 15.7. The Labute approximate surface area is 160 Å². The fraction of sp³-hybridized carbons (Fsp3) is 0.556. The average molecular weight is 391 g/mol. The van der Waals surface area contributed by atoms with E-state index in [-0.39, 0.29) is 23.3 Å². The molecule has 2 saturated carbocycles. The lowest BCUT2D eigenvalue weighted by molar-refractivity contribution is -0.137. The van der Waals surface area contributed by atoms with Gasteiger partial charge in [-0.3, -0.25) is 4.68 Å². The minimum Gasteiger partial charge on any atom is -0.364 e. The Hall–Kier alpha value is -2.83. The Kier molecular flexibility index (Phi) is 3.86. The molecule has 0 spiro atoms. The number of halogens is 3. The molecule has 0 amide bonds. The molecule has 1 unspecified atom stereocenters. The van der Waals surface area contributed by atoms with E-state index < -0.39 is 17.2 Å². The van der Waals surface area contributed by atoms with Crippen molar-refractivity contribution in [3.8, 4) is 6.07 Å². The van der Waals surface area contributed by atoms with Crippen molar-refractivity contribution >= 4 is 17.5 Å². The van der Waals surface area contributed by atoms with E-state index >= 15 is 0 Å². The lowest BCUT2D eigenvalue weighted by Crippen LogP contribution is -2.21. The predicted octanol–water partition coefficient (Wildman–Crippen LogP) is 4.18. The molecule has 4 rings (SSSR count). The summed E-state index contributed by atoms with van der Waals surface area (Å²) >= 11 is 0. The molecule has 2 aromatic heterocycles. The highest BCUT2D eigenvalue weighted by Crippen LogP contribution is 2.55. The van der Waals surface area contributed by atoms with E-state index in [2.05, 4.69) is 31.8 Å². The maximum Gasteiger partial charge on any atom is 0.421 e. The predicted molar refractivity (Wildman–Crippen MR) is 95.9 cm³/mol. The van der Waals surface area contributed by atoms with Crippen LogP contribution in [0.1, 0.15) is 50.4 Å². The smallest absolute Gasteiger partial charge is 0.364 e. The molecule has 28 heavy (non-hydrogen) atoms. The van der Waals surface area contributed by atoms with Crippen LogP contribution in [-0.4, -0.2) is 25.3 Å². The van der Waals surface area contributed by atoms with Gasteiger partial charge in [0, 0.05) is 17.9 Å². The first-order chi connectivity index (χ1) is 13.0. The van der Waals surface area contributed by atoms with Gasteiger partial charge in [0.25, 0.3) is 0 Å². The number of rotatable bonds is 5. The fourth-order valence-electron chi connectivity index (χ4n) is 3.08. The van der Waals surface area contributed by atoms with Gasteiger partial charge in [0.1, 0.15) is 11.4 Å². The molecule has 148 valence electrons. The Morgan fingerprint density at radius 1 is 1.32 bits per heavy atom. The van der Waals surface area contributed by atoms with Gasteiger partial charge in [-0.2, -0.15) is 28.5 Å². The first-order valence-corrected chi connectivity index (χ1v) is 8.99. The van der Waals surface area contributed by atoms with Crippen molar-refractivity contribution in [2.45, 2.75) is 57.8 Å².